The van der Waals surface area contributed by atoms with Gasteiger partial charge in [-0.25, -0.2) is 0 Å². The van der Waals surface area contributed by atoms with Crippen LogP contribution in [0.4, 0.5) is 0 Å². The molecule has 12 heavy (non-hydrogen) atoms. The van der Waals surface area contributed by atoms with Crippen LogP contribution < -0.4 is 0 Å². The summed E-state index contributed by atoms with van der Waals surface area (Å²) in [7, 11) is 0. The Balaban J connectivity index is 2.75. The highest BCUT2D eigenvalue weighted by molar-refractivity contribution is 9.10. The molecular formula is C10H13BrO. The molecule has 1 aromatic carbocycles. The Morgan fingerprint density at radius 3 is 2.83 bits per heavy atom. The highest BCUT2D eigenvalue weighted by Gasteiger charge is 1.98. The van der Waals surface area contributed by atoms with E-state index >= 15 is 0 Å². The van der Waals surface area contributed by atoms with Crippen molar-refractivity contribution in [2.45, 2.75) is 19.8 Å². The first kappa shape index (κ1) is 9.75. The van der Waals surface area contributed by atoms with Gasteiger partial charge in [0.1, 0.15) is 0 Å². The lowest BCUT2D eigenvalue weighted by molar-refractivity contribution is 0.288. The average molecular weight is 229 g/mol. The summed E-state index contributed by atoms with van der Waals surface area (Å²) < 4.78 is 1.14. The standard InChI is InChI=1S/C10H13BrO/c1-8-4-5-10(11)9(7-8)3-2-6-12/h4-5,7,12H,2-3,6H2,1H3. The Morgan fingerprint density at radius 1 is 1.42 bits per heavy atom. The monoisotopic (exact) mass is 228 g/mol. The molecule has 0 spiro atoms. The van der Waals surface area contributed by atoms with Gasteiger partial charge in [-0.05, 0) is 31.4 Å². The van der Waals surface area contributed by atoms with Crippen LogP contribution in [0, 0.1) is 6.92 Å². The molecule has 0 amide bonds. The van der Waals surface area contributed by atoms with E-state index in [-0.39, 0.29) is 6.61 Å². The number of hydrogen-bond donors (Lipinski definition) is 1. The van der Waals surface area contributed by atoms with Gasteiger partial charge in [-0.3, -0.25) is 0 Å². The van der Waals surface area contributed by atoms with Crippen LogP contribution in [-0.2, 0) is 6.42 Å². The Hall–Kier alpha value is -0.340. The van der Waals surface area contributed by atoms with Crippen molar-refractivity contribution < 1.29 is 5.11 Å². The molecule has 0 radical (unpaired) electrons. The average Bonchev–Trinajstić information content (AvgIpc) is 2.07. The third-order valence-electron chi connectivity index (χ3n) is 1.81. The summed E-state index contributed by atoms with van der Waals surface area (Å²) in [4.78, 5) is 0. The number of hydrogen-bond acceptors (Lipinski definition) is 1. The molecule has 1 N–H and O–H groups in total. The van der Waals surface area contributed by atoms with Crippen molar-refractivity contribution in [1.82, 2.24) is 0 Å². The maximum Gasteiger partial charge on any atom is 0.0434 e. The quantitative estimate of drug-likeness (QED) is 0.844. The summed E-state index contributed by atoms with van der Waals surface area (Å²) in [6.07, 6.45) is 1.78. The van der Waals surface area contributed by atoms with E-state index in [2.05, 4.69) is 41.1 Å². The molecule has 0 aliphatic heterocycles. The highest BCUT2D eigenvalue weighted by atomic mass is 79.9. The fourth-order valence-corrected chi connectivity index (χ4v) is 1.61. The molecule has 0 heterocycles. The summed E-state index contributed by atoms with van der Waals surface area (Å²) in [5, 5.41) is 8.67. The molecule has 1 rings (SSSR count). The van der Waals surface area contributed by atoms with Crippen molar-refractivity contribution in [2.24, 2.45) is 0 Å². The van der Waals surface area contributed by atoms with Crippen LogP contribution in [0.2, 0.25) is 0 Å². The third kappa shape index (κ3) is 2.61. The van der Waals surface area contributed by atoms with Crippen LogP contribution in [0.5, 0.6) is 0 Å². The Kier molecular flexibility index (Phi) is 3.76. The molecule has 0 aromatic heterocycles. The van der Waals surface area contributed by atoms with Crippen molar-refractivity contribution in [1.29, 1.82) is 0 Å². The summed E-state index contributed by atoms with van der Waals surface area (Å²) in [6, 6.07) is 6.29. The second-order valence-electron chi connectivity index (χ2n) is 2.92. The number of rotatable bonds is 3. The number of halogens is 1. The van der Waals surface area contributed by atoms with Gasteiger partial charge >= 0.3 is 0 Å². The van der Waals surface area contributed by atoms with Crippen molar-refractivity contribution in [3.63, 3.8) is 0 Å². The maximum absolute atomic E-state index is 8.67. The van der Waals surface area contributed by atoms with Crippen LogP contribution in [0.3, 0.4) is 0 Å². The maximum atomic E-state index is 8.67. The topological polar surface area (TPSA) is 20.2 Å². The van der Waals surface area contributed by atoms with Gasteiger partial charge in [-0.15, -0.1) is 0 Å². The van der Waals surface area contributed by atoms with Gasteiger partial charge in [0.05, 0.1) is 0 Å². The fraction of sp³-hybridized carbons (Fsp3) is 0.400. The molecule has 1 nitrogen and oxygen atoms in total. The smallest absolute Gasteiger partial charge is 0.0434 e. The second kappa shape index (κ2) is 4.63. The lowest BCUT2D eigenvalue weighted by Gasteiger charge is -2.03. The van der Waals surface area contributed by atoms with Crippen LogP contribution >= 0.6 is 15.9 Å². The van der Waals surface area contributed by atoms with Crippen LogP contribution in [0.1, 0.15) is 17.5 Å². The lowest BCUT2D eigenvalue weighted by Crippen LogP contribution is -1.91. The minimum atomic E-state index is 0.264. The summed E-state index contributed by atoms with van der Waals surface area (Å²) in [5.74, 6) is 0. The van der Waals surface area contributed by atoms with E-state index in [9.17, 15) is 0 Å². The van der Waals surface area contributed by atoms with Gasteiger partial charge < -0.3 is 5.11 Å². The molecule has 0 atom stereocenters. The normalized spacial score (nSPS) is 10.2. The van der Waals surface area contributed by atoms with Crippen molar-refractivity contribution >= 4 is 15.9 Å². The summed E-state index contributed by atoms with van der Waals surface area (Å²) >= 11 is 3.48. The van der Waals surface area contributed by atoms with Crippen LogP contribution in [0.25, 0.3) is 0 Å². The van der Waals surface area contributed by atoms with Crippen molar-refractivity contribution in [3.05, 3.63) is 33.8 Å². The van der Waals surface area contributed by atoms with E-state index in [1.54, 1.807) is 0 Å². The molecule has 0 saturated heterocycles. The predicted octanol–water partition coefficient (Wildman–Crippen LogP) is 2.68. The first-order chi connectivity index (χ1) is 5.74. The van der Waals surface area contributed by atoms with Crippen molar-refractivity contribution in [2.75, 3.05) is 6.61 Å². The fourth-order valence-electron chi connectivity index (χ4n) is 1.16. The van der Waals surface area contributed by atoms with E-state index in [1.807, 2.05) is 0 Å². The van der Waals surface area contributed by atoms with E-state index in [0.717, 1.165) is 17.3 Å². The first-order valence-corrected chi connectivity index (χ1v) is 4.89. The molecule has 0 fully saturated rings. The Morgan fingerprint density at radius 2 is 2.17 bits per heavy atom. The number of aliphatic hydroxyl groups is 1. The minimum absolute atomic E-state index is 0.264. The molecule has 0 bridgehead atoms. The van der Waals surface area contributed by atoms with E-state index in [4.69, 9.17) is 5.11 Å². The van der Waals surface area contributed by atoms with E-state index < -0.39 is 0 Å². The molecular weight excluding hydrogens is 216 g/mol. The zero-order valence-electron chi connectivity index (χ0n) is 7.18. The SMILES string of the molecule is Cc1ccc(Br)c(CCCO)c1. The summed E-state index contributed by atoms with van der Waals surface area (Å²) in [5.41, 5.74) is 2.55. The Labute approximate surface area is 81.6 Å². The largest absolute Gasteiger partial charge is 0.396 e. The summed E-state index contributed by atoms with van der Waals surface area (Å²) in [6.45, 7) is 2.34. The van der Waals surface area contributed by atoms with Gasteiger partial charge in [0.25, 0.3) is 0 Å². The molecule has 0 aliphatic rings. The highest BCUT2D eigenvalue weighted by Crippen LogP contribution is 2.19. The van der Waals surface area contributed by atoms with Gasteiger partial charge in [0.15, 0.2) is 0 Å². The van der Waals surface area contributed by atoms with Crippen LogP contribution in [-0.4, -0.2) is 11.7 Å². The first-order valence-electron chi connectivity index (χ1n) is 4.10. The second-order valence-corrected chi connectivity index (χ2v) is 3.78. The molecule has 2 heteroatoms. The molecule has 66 valence electrons. The number of benzene rings is 1. The number of aliphatic hydroxyl groups excluding tert-OH is 1. The van der Waals surface area contributed by atoms with Crippen LogP contribution in [0.15, 0.2) is 22.7 Å². The molecule has 0 aliphatic carbocycles. The lowest BCUT2D eigenvalue weighted by atomic mass is 10.1. The molecule has 0 unspecified atom stereocenters. The van der Waals surface area contributed by atoms with Gasteiger partial charge in [0, 0.05) is 11.1 Å². The Bertz CT molecular complexity index is 258. The molecule has 1 aromatic rings. The third-order valence-corrected chi connectivity index (χ3v) is 2.58. The zero-order valence-corrected chi connectivity index (χ0v) is 8.76. The van der Waals surface area contributed by atoms with E-state index in [1.165, 1.54) is 11.1 Å². The number of aryl methyl sites for hydroxylation is 2. The van der Waals surface area contributed by atoms with Gasteiger partial charge in [-0.2, -0.15) is 0 Å². The predicted molar refractivity (Wildman–Crippen MR) is 54.3 cm³/mol. The molecule has 0 saturated carbocycles. The zero-order chi connectivity index (χ0) is 8.97. The van der Waals surface area contributed by atoms with E-state index in [0.29, 0.717) is 0 Å². The van der Waals surface area contributed by atoms with Gasteiger partial charge in [-0.1, -0.05) is 33.6 Å². The minimum Gasteiger partial charge on any atom is -0.396 e. The van der Waals surface area contributed by atoms with Gasteiger partial charge in [0.2, 0.25) is 0 Å². The van der Waals surface area contributed by atoms with Crippen molar-refractivity contribution in [3.8, 4) is 0 Å².